The van der Waals surface area contributed by atoms with E-state index in [0.29, 0.717) is 0 Å². The van der Waals surface area contributed by atoms with Crippen LogP contribution in [0.15, 0.2) is 30.6 Å². The number of hydrogen-bond acceptors (Lipinski definition) is 5. The number of aromatic nitrogens is 3. The SMILES string of the molecule is Cc1cccc(C(c2sc3ncnn3c2O)N2CCCCC2)c1. The van der Waals surface area contributed by atoms with Crippen LogP contribution in [0.5, 0.6) is 5.88 Å². The van der Waals surface area contributed by atoms with Crippen molar-refractivity contribution < 1.29 is 5.11 Å². The lowest BCUT2D eigenvalue weighted by atomic mass is 9.99. The lowest BCUT2D eigenvalue weighted by Crippen LogP contribution is -2.34. The molecule has 0 spiro atoms. The second-order valence-corrected chi connectivity index (χ2v) is 7.17. The Morgan fingerprint density at radius 3 is 2.78 bits per heavy atom. The standard InChI is InChI=1S/C17H20N4OS/c1-12-6-5-7-13(10-12)14(20-8-3-2-4-9-20)15-16(22)21-17(23-15)18-11-19-21/h5-7,10-11,14,22H,2-4,8-9H2,1H3. The molecule has 2 aromatic heterocycles. The maximum Gasteiger partial charge on any atom is 0.230 e. The molecule has 120 valence electrons. The molecule has 5 nitrogen and oxygen atoms in total. The van der Waals surface area contributed by atoms with E-state index >= 15 is 0 Å². The van der Waals surface area contributed by atoms with E-state index in [0.717, 1.165) is 22.9 Å². The van der Waals surface area contributed by atoms with E-state index in [4.69, 9.17) is 0 Å². The average molecular weight is 328 g/mol. The molecule has 0 saturated carbocycles. The highest BCUT2D eigenvalue weighted by Gasteiger charge is 2.29. The first-order valence-corrected chi connectivity index (χ1v) is 8.87. The number of aromatic hydroxyl groups is 1. The van der Waals surface area contributed by atoms with Crippen molar-refractivity contribution in [3.8, 4) is 5.88 Å². The number of nitrogens with zero attached hydrogens (tertiary/aromatic N) is 4. The molecule has 23 heavy (non-hydrogen) atoms. The summed E-state index contributed by atoms with van der Waals surface area (Å²) in [7, 11) is 0. The molecule has 1 unspecified atom stereocenters. The van der Waals surface area contributed by atoms with E-state index in [9.17, 15) is 5.11 Å². The van der Waals surface area contributed by atoms with Crippen LogP contribution < -0.4 is 0 Å². The summed E-state index contributed by atoms with van der Waals surface area (Å²) in [6.45, 7) is 4.23. The molecule has 0 bridgehead atoms. The van der Waals surface area contributed by atoms with Crippen LogP contribution in [-0.2, 0) is 0 Å². The van der Waals surface area contributed by atoms with Crippen molar-refractivity contribution in [2.24, 2.45) is 0 Å². The zero-order chi connectivity index (χ0) is 15.8. The minimum Gasteiger partial charge on any atom is -0.492 e. The second-order valence-electron chi connectivity index (χ2n) is 6.16. The van der Waals surface area contributed by atoms with Gasteiger partial charge in [0.05, 0.1) is 10.9 Å². The first-order valence-electron chi connectivity index (χ1n) is 8.06. The maximum absolute atomic E-state index is 10.7. The molecule has 1 atom stereocenters. The molecular formula is C17H20N4OS. The molecular weight excluding hydrogens is 308 g/mol. The topological polar surface area (TPSA) is 53.7 Å². The van der Waals surface area contributed by atoms with Crippen molar-refractivity contribution in [1.29, 1.82) is 0 Å². The predicted molar refractivity (Wildman–Crippen MR) is 91.0 cm³/mol. The lowest BCUT2D eigenvalue weighted by molar-refractivity contribution is 0.186. The van der Waals surface area contributed by atoms with Gasteiger partial charge in [0.1, 0.15) is 6.33 Å². The van der Waals surface area contributed by atoms with Gasteiger partial charge in [-0.3, -0.25) is 4.90 Å². The largest absolute Gasteiger partial charge is 0.492 e. The lowest BCUT2D eigenvalue weighted by Gasteiger charge is -2.34. The molecule has 1 fully saturated rings. The van der Waals surface area contributed by atoms with E-state index in [1.165, 1.54) is 52.6 Å². The molecule has 0 radical (unpaired) electrons. The Labute approximate surface area is 139 Å². The van der Waals surface area contributed by atoms with Gasteiger partial charge in [0.15, 0.2) is 0 Å². The Hall–Kier alpha value is -1.92. The zero-order valence-electron chi connectivity index (χ0n) is 13.1. The van der Waals surface area contributed by atoms with Gasteiger partial charge < -0.3 is 5.11 Å². The summed E-state index contributed by atoms with van der Waals surface area (Å²) >= 11 is 1.53. The minimum absolute atomic E-state index is 0.0729. The van der Waals surface area contributed by atoms with E-state index in [1.54, 1.807) is 0 Å². The zero-order valence-corrected chi connectivity index (χ0v) is 14.0. The van der Waals surface area contributed by atoms with Gasteiger partial charge in [-0.1, -0.05) is 47.6 Å². The quantitative estimate of drug-likeness (QED) is 0.801. The third-order valence-electron chi connectivity index (χ3n) is 4.50. The Bertz CT molecular complexity index is 819. The summed E-state index contributed by atoms with van der Waals surface area (Å²) in [5.74, 6) is 0.222. The fourth-order valence-corrected chi connectivity index (χ4v) is 4.51. The van der Waals surface area contributed by atoms with Gasteiger partial charge in [-0.15, -0.1) is 0 Å². The molecule has 0 amide bonds. The summed E-state index contributed by atoms with van der Waals surface area (Å²) in [5.41, 5.74) is 2.47. The van der Waals surface area contributed by atoms with Crippen LogP contribution in [0.2, 0.25) is 0 Å². The van der Waals surface area contributed by atoms with Crippen LogP contribution in [0.4, 0.5) is 0 Å². The van der Waals surface area contributed by atoms with Gasteiger partial charge >= 0.3 is 0 Å². The van der Waals surface area contributed by atoms with E-state index in [1.807, 2.05) is 0 Å². The molecule has 0 aliphatic carbocycles. The third-order valence-corrected chi connectivity index (χ3v) is 5.59. The van der Waals surface area contributed by atoms with Crippen LogP contribution in [-0.4, -0.2) is 37.7 Å². The van der Waals surface area contributed by atoms with Gasteiger partial charge in [0.25, 0.3) is 0 Å². The summed E-state index contributed by atoms with van der Waals surface area (Å²) in [6, 6.07) is 8.65. The van der Waals surface area contributed by atoms with E-state index in [2.05, 4.69) is 46.2 Å². The first kappa shape index (κ1) is 14.7. The molecule has 1 aliphatic rings. The monoisotopic (exact) mass is 328 g/mol. The first-order chi connectivity index (χ1) is 11.2. The van der Waals surface area contributed by atoms with Gasteiger partial charge in [0, 0.05) is 0 Å². The highest BCUT2D eigenvalue weighted by molar-refractivity contribution is 7.17. The van der Waals surface area contributed by atoms with Crippen LogP contribution in [0.25, 0.3) is 4.96 Å². The summed E-state index contributed by atoms with van der Waals surface area (Å²) in [5, 5.41) is 14.8. The number of thiazole rings is 1. The smallest absolute Gasteiger partial charge is 0.230 e. The third kappa shape index (κ3) is 2.62. The number of rotatable bonds is 3. The Morgan fingerprint density at radius 2 is 2.04 bits per heavy atom. The van der Waals surface area contributed by atoms with Crippen molar-refractivity contribution >= 4 is 16.3 Å². The fraction of sp³-hybridized carbons (Fsp3) is 0.412. The van der Waals surface area contributed by atoms with Crippen LogP contribution in [0, 0.1) is 6.92 Å². The highest BCUT2D eigenvalue weighted by Crippen LogP contribution is 2.40. The fourth-order valence-electron chi connectivity index (χ4n) is 3.42. The Balaban J connectivity index is 1.83. The summed E-state index contributed by atoms with van der Waals surface area (Å²) in [4.78, 5) is 8.39. The van der Waals surface area contributed by atoms with Crippen LogP contribution in [0.3, 0.4) is 0 Å². The number of aryl methyl sites for hydroxylation is 1. The number of piperidine rings is 1. The summed E-state index contributed by atoms with van der Waals surface area (Å²) in [6.07, 6.45) is 5.20. The number of likely N-dealkylation sites (tertiary alicyclic amines) is 1. The Morgan fingerprint density at radius 1 is 1.22 bits per heavy atom. The van der Waals surface area contributed by atoms with Gasteiger partial charge in [0.2, 0.25) is 10.8 Å². The minimum atomic E-state index is 0.0729. The van der Waals surface area contributed by atoms with Crippen molar-refractivity contribution in [2.75, 3.05) is 13.1 Å². The van der Waals surface area contributed by atoms with Crippen molar-refractivity contribution in [3.05, 3.63) is 46.6 Å². The average Bonchev–Trinajstić information content (AvgIpc) is 3.13. The van der Waals surface area contributed by atoms with Gasteiger partial charge in [-0.25, -0.2) is 4.98 Å². The normalized spacial score (nSPS) is 17.6. The van der Waals surface area contributed by atoms with Crippen LogP contribution >= 0.6 is 11.3 Å². The number of benzene rings is 1. The van der Waals surface area contributed by atoms with Gasteiger partial charge in [-0.05, 0) is 38.4 Å². The number of fused-ring (bicyclic) bond motifs is 1. The molecule has 4 rings (SSSR count). The highest BCUT2D eigenvalue weighted by atomic mass is 32.1. The van der Waals surface area contributed by atoms with Crippen LogP contribution in [0.1, 0.15) is 41.3 Å². The van der Waals surface area contributed by atoms with Gasteiger partial charge in [-0.2, -0.15) is 9.61 Å². The van der Waals surface area contributed by atoms with Crippen molar-refractivity contribution in [1.82, 2.24) is 19.5 Å². The number of hydrogen-bond donors (Lipinski definition) is 1. The molecule has 1 aliphatic heterocycles. The molecule has 3 aromatic rings. The summed E-state index contributed by atoms with van der Waals surface area (Å²) < 4.78 is 1.53. The molecule has 3 heterocycles. The second kappa shape index (κ2) is 5.94. The Kier molecular flexibility index (Phi) is 3.79. The van der Waals surface area contributed by atoms with E-state index < -0.39 is 0 Å². The molecule has 1 saturated heterocycles. The van der Waals surface area contributed by atoms with E-state index in [-0.39, 0.29) is 11.9 Å². The molecule has 1 N–H and O–H groups in total. The predicted octanol–water partition coefficient (Wildman–Crippen LogP) is 3.38. The molecule has 1 aromatic carbocycles. The molecule has 6 heteroatoms. The maximum atomic E-state index is 10.7. The van der Waals surface area contributed by atoms with Crippen molar-refractivity contribution in [2.45, 2.75) is 32.2 Å². The van der Waals surface area contributed by atoms with Crippen molar-refractivity contribution in [3.63, 3.8) is 0 Å².